The molecule has 0 saturated heterocycles. The highest BCUT2D eigenvalue weighted by Crippen LogP contribution is 2.25. The third-order valence-electron chi connectivity index (χ3n) is 3.43. The van der Waals surface area contributed by atoms with E-state index in [1.54, 1.807) is 19.1 Å². The van der Waals surface area contributed by atoms with Crippen molar-refractivity contribution in [3.8, 4) is 6.07 Å². The van der Waals surface area contributed by atoms with Crippen LogP contribution in [-0.2, 0) is 10.0 Å². The van der Waals surface area contributed by atoms with Crippen molar-refractivity contribution < 1.29 is 8.42 Å². The summed E-state index contributed by atoms with van der Waals surface area (Å²) in [7, 11) is -2.11. The normalized spacial score (nSPS) is 11.0. The molecule has 5 heteroatoms. The Kier molecular flexibility index (Phi) is 4.01. The predicted octanol–water partition coefficient (Wildman–Crippen LogP) is 3.00. The number of sulfonamides is 1. The van der Waals surface area contributed by atoms with Gasteiger partial charge in [0.1, 0.15) is 0 Å². The zero-order valence-electron chi connectivity index (χ0n) is 12.2. The summed E-state index contributed by atoms with van der Waals surface area (Å²) in [6.07, 6.45) is 0. The number of aryl methyl sites for hydroxylation is 2. The Labute approximate surface area is 125 Å². The number of para-hydroxylation sites is 1. The summed E-state index contributed by atoms with van der Waals surface area (Å²) in [6.45, 7) is 3.59. The number of nitriles is 1. The molecule has 0 fully saturated rings. The Balaban J connectivity index is 2.50. The molecule has 2 aromatic rings. The average Bonchev–Trinajstić information content (AvgIpc) is 2.47. The summed E-state index contributed by atoms with van der Waals surface area (Å²) in [4.78, 5) is 0.185. The zero-order valence-corrected chi connectivity index (χ0v) is 13.0. The first-order chi connectivity index (χ1) is 9.87. The van der Waals surface area contributed by atoms with Crippen molar-refractivity contribution in [3.63, 3.8) is 0 Å². The van der Waals surface area contributed by atoms with Crippen molar-refractivity contribution in [2.45, 2.75) is 18.7 Å². The Morgan fingerprint density at radius 2 is 1.71 bits per heavy atom. The van der Waals surface area contributed by atoms with Crippen LogP contribution in [0.15, 0.2) is 47.4 Å². The van der Waals surface area contributed by atoms with Crippen LogP contribution in [0.4, 0.5) is 5.69 Å². The Morgan fingerprint density at radius 1 is 1.05 bits per heavy atom. The van der Waals surface area contributed by atoms with Gasteiger partial charge in [-0.15, -0.1) is 0 Å². The van der Waals surface area contributed by atoms with Gasteiger partial charge in [-0.1, -0.05) is 18.2 Å². The second-order valence-electron chi connectivity index (χ2n) is 4.85. The van der Waals surface area contributed by atoms with Gasteiger partial charge in [-0.3, -0.25) is 4.31 Å². The molecule has 0 bridgehead atoms. The number of anilines is 1. The summed E-state index contributed by atoms with van der Waals surface area (Å²) in [5.74, 6) is 0. The van der Waals surface area contributed by atoms with Gasteiger partial charge in [-0.2, -0.15) is 5.26 Å². The molecule has 0 atom stereocenters. The van der Waals surface area contributed by atoms with E-state index in [9.17, 15) is 8.42 Å². The van der Waals surface area contributed by atoms with Crippen molar-refractivity contribution in [2.75, 3.05) is 11.4 Å². The van der Waals surface area contributed by atoms with Gasteiger partial charge in [0.25, 0.3) is 10.0 Å². The maximum Gasteiger partial charge on any atom is 0.264 e. The zero-order chi connectivity index (χ0) is 15.6. The molecule has 0 N–H and O–H groups in total. The number of rotatable bonds is 3. The lowest BCUT2D eigenvalue weighted by atomic mass is 10.1. The molecule has 2 aromatic carbocycles. The molecular formula is C16H16N2O2S. The standard InChI is InChI=1S/C16H16N2O2S/c1-12-6-4-5-7-16(12)18(3)21(19,20)15-9-8-14(11-17)13(2)10-15/h4-10H,1-3H3. The Hall–Kier alpha value is -2.32. The number of hydrogen-bond acceptors (Lipinski definition) is 3. The SMILES string of the molecule is Cc1cc(S(=O)(=O)N(C)c2ccccc2C)ccc1C#N. The fourth-order valence-corrected chi connectivity index (χ4v) is 3.47. The van der Waals surface area contributed by atoms with Crippen molar-refractivity contribution >= 4 is 15.7 Å². The van der Waals surface area contributed by atoms with Crippen LogP contribution in [0.2, 0.25) is 0 Å². The first kappa shape index (κ1) is 15.1. The largest absolute Gasteiger partial charge is 0.269 e. The molecule has 108 valence electrons. The van der Waals surface area contributed by atoms with Crippen LogP contribution in [0.25, 0.3) is 0 Å². The maximum atomic E-state index is 12.7. The van der Waals surface area contributed by atoms with E-state index in [1.807, 2.05) is 25.1 Å². The van der Waals surface area contributed by atoms with Crippen LogP contribution >= 0.6 is 0 Å². The lowest BCUT2D eigenvalue weighted by molar-refractivity contribution is 0.594. The van der Waals surface area contributed by atoms with Gasteiger partial charge in [0, 0.05) is 7.05 Å². The first-order valence-electron chi connectivity index (χ1n) is 6.43. The van der Waals surface area contributed by atoms with E-state index in [4.69, 9.17) is 5.26 Å². The second kappa shape index (κ2) is 5.58. The van der Waals surface area contributed by atoms with Crippen LogP contribution < -0.4 is 4.31 Å². The van der Waals surface area contributed by atoms with Gasteiger partial charge in [0.2, 0.25) is 0 Å². The molecule has 0 aliphatic heterocycles. The molecule has 2 rings (SSSR count). The van der Waals surface area contributed by atoms with Gasteiger partial charge in [-0.25, -0.2) is 8.42 Å². The highest BCUT2D eigenvalue weighted by atomic mass is 32.2. The van der Waals surface area contributed by atoms with Crippen molar-refractivity contribution in [3.05, 3.63) is 59.2 Å². The number of nitrogens with zero attached hydrogens (tertiary/aromatic N) is 2. The van der Waals surface area contributed by atoms with Gasteiger partial charge >= 0.3 is 0 Å². The predicted molar refractivity (Wildman–Crippen MR) is 82.7 cm³/mol. The molecule has 0 heterocycles. The van der Waals surface area contributed by atoms with Crippen LogP contribution in [0, 0.1) is 25.2 Å². The lowest BCUT2D eigenvalue weighted by Gasteiger charge is -2.21. The van der Waals surface area contributed by atoms with Gasteiger partial charge in [0.15, 0.2) is 0 Å². The van der Waals surface area contributed by atoms with E-state index in [1.165, 1.54) is 29.6 Å². The molecule has 0 aliphatic carbocycles. The van der Waals surface area contributed by atoms with E-state index in [0.717, 1.165) is 5.56 Å². The lowest BCUT2D eigenvalue weighted by Crippen LogP contribution is -2.27. The van der Waals surface area contributed by atoms with E-state index in [-0.39, 0.29) is 4.90 Å². The molecule has 0 unspecified atom stereocenters. The Bertz CT molecular complexity index is 820. The van der Waals surface area contributed by atoms with E-state index in [0.29, 0.717) is 16.8 Å². The summed E-state index contributed by atoms with van der Waals surface area (Å²) < 4.78 is 26.6. The Morgan fingerprint density at radius 3 is 2.29 bits per heavy atom. The molecule has 0 saturated carbocycles. The summed E-state index contributed by atoms with van der Waals surface area (Å²) >= 11 is 0. The monoisotopic (exact) mass is 300 g/mol. The third-order valence-corrected chi connectivity index (χ3v) is 5.20. The smallest absolute Gasteiger partial charge is 0.264 e. The first-order valence-corrected chi connectivity index (χ1v) is 7.87. The summed E-state index contributed by atoms with van der Waals surface area (Å²) in [5, 5.41) is 8.93. The fourth-order valence-electron chi connectivity index (χ4n) is 2.13. The fraction of sp³-hybridized carbons (Fsp3) is 0.188. The maximum absolute atomic E-state index is 12.7. The van der Waals surface area contributed by atoms with Gasteiger partial charge in [-0.05, 0) is 49.2 Å². The molecule has 0 amide bonds. The molecule has 4 nitrogen and oxygen atoms in total. The van der Waals surface area contributed by atoms with Gasteiger partial charge < -0.3 is 0 Å². The van der Waals surface area contributed by atoms with Crippen molar-refractivity contribution in [2.24, 2.45) is 0 Å². The highest BCUT2D eigenvalue weighted by Gasteiger charge is 2.22. The minimum Gasteiger partial charge on any atom is -0.269 e. The number of benzene rings is 2. The van der Waals surface area contributed by atoms with Gasteiger partial charge in [0.05, 0.1) is 22.2 Å². The van der Waals surface area contributed by atoms with Crippen LogP contribution in [-0.4, -0.2) is 15.5 Å². The van der Waals surface area contributed by atoms with E-state index in [2.05, 4.69) is 0 Å². The van der Waals surface area contributed by atoms with Crippen LogP contribution in [0.1, 0.15) is 16.7 Å². The molecule has 0 spiro atoms. The number of hydrogen-bond donors (Lipinski definition) is 0. The molecular weight excluding hydrogens is 284 g/mol. The third kappa shape index (κ3) is 2.76. The van der Waals surface area contributed by atoms with Crippen molar-refractivity contribution in [1.29, 1.82) is 5.26 Å². The summed E-state index contributed by atoms with van der Waals surface area (Å²) in [6, 6.07) is 13.9. The molecule has 21 heavy (non-hydrogen) atoms. The highest BCUT2D eigenvalue weighted by molar-refractivity contribution is 7.92. The van der Waals surface area contributed by atoms with E-state index >= 15 is 0 Å². The quantitative estimate of drug-likeness (QED) is 0.875. The summed E-state index contributed by atoms with van der Waals surface area (Å²) in [5.41, 5.74) is 2.65. The van der Waals surface area contributed by atoms with Crippen LogP contribution in [0.3, 0.4) is 0 Å². The average molecular weight is 300 g/mol. The van der Waals surface area contributed by atoms with Crippen LogP contribution in [0.5, 0.6) is 0 Å². The topological polar surface area (TPSA) is 61.2 Å². The minimum atomic E-state index is -3.64. The van der Waals surface area contributed by atoms with Crippen molar-refractivity contribution in [1.82, 2.24) is 0 Å². The van der Waals surface area contributed by atoms with E-state index < -0.39 is 10.0 Å². The second-order valence-corrected chi connectivity index (χ2v) is 6.82. The molecule has 0 aliphatic rings. The minimum absolute atomic E-state index is 0.185. The molecule has 0 aromatic heterocycles. The molecule has 0 radical (unpaired) electrons.